The molecule has 0 aliphatic rings. The molecule has 0 unspecified atom stereocenters. The summed E-state index contributed by atoms with van der Waals surface area (Å²) < 4.78 is 7.84. The zero-order chi connectivity index (χ0) is 20.1. The van der Waals surface area contributed by atoms with Crippen molar-refractivity contribution >= 4 is 5.91 Å². The fourth-order valence-corrected chi connectivity index (χ4v) is 3.16. The molecule has 0 saturated carbocycles. The summed E-state index contributed by atoms with van der Waals surface area (Å²) in [6.07, 6.45) is 3.69. The third kappa shape index (κ3) is 4.60. The van der Waals surface area contributed by atoms with Gasteiger partial charge in [-0.2, -0.15) is 0 Å². The highest BCUT2D eigenvalue weighted by molar-refractivity contribution is 5.77. The maximum Gasteiger partial charge on any atom is 0.258 e. The number of amides is 1. The van der Waals surface area contributed by atoms with Crippen LogP contribution in [0.5, 0.6) is 5.75 Å². The maximum absolute atomic E-state index is 12.4. The summed E-state index contributed by atoms with van der Waals surface area (Å²) in [5, 5.41) is 2.96. The lowest BCUT2D eigenvalue weighted by Gasteiger charge is -2.15. The van der Waals surface area contributed by atoms with Gasteiger partial charge in [0.25, 0.3) is 5.91 Å². The minimum atomic E-state index is -0.145. The molecule has 0 saturated heterocycles. The summed E-state index contributed by atoms with van der Waals surface area (Å²) in [4.78, 5) is 16.6. The smallest absolute Gasteiger partial charge is 0.258 e. The Hall–Kier alpha value is -3.08. The molecule has 1 heterocycles. The first-order valence-electron chi connectivity index (χ1n) is 9.54. The number of aryl methyl sites for hydroxylation is 2. The molecular weight excluding hydrogens is 350 g/mol. The third-order valence-electron chi connectivity index (χ3n) is 4.70. The van der Waals surface area contributed by atoms with Gasteiger partial charge < -0.3 is 14.6 Å². The highest BCUT2D eigenvalue weighted by Crippen LogP contribution is 2.27. The van der Waals surface area contributed by atoms with Gasteiger partial charge >= 0.3 is 0 Å². The number of aromatic nitrogens is 2. The summed E-state index contributed by atoms with van der Waals surface area (Å²) in [5.74, 6) is 1.87. The number of hydrogen-bond acceptors (Lipinski definition) is 3. The van der Waals surface area contributed by atoms with Crippen LogP contribution in [0.1, 0.15) is 42.3 Å². The van der Waals surface area contributed by atoms with Crippen LogP contribution in [0.2, 0.25) is 0 Å². The molecule has 5 heteroatoms. The second-order valence-corrected chi connectivity index (χ2v) is 7.23. The number of nitrogens with one attached hydrogen (secondary N) is 1. The number of carbonyl (C=O) groups is 1. The van der Waals surface area contributed by atoms with Gasteiger partial charge in [0.15, 0.2) is 6.61 Å². The second-order valence-electron chi connectivity index (χ2n) is 7.23. The van der Waals surface area contributed by atoms with Gasteiger partial charge in [-0.15, -0.1) is 0 Å². The Balaban J connectivity index is 1.64. The quantitative estimate of drug-likeness (QED) is 0.668. The molecule has 1 amide bonds. The number of para-hydroxylation sites is 1. The van der Waals surface area contributed by atoms with Crippen molar-refractivity contribution in [1.29, 1.82) is 0 Å². The molecule has 2 aromatic carbocycles. The molecule has 0 aliphatic heterocycles. The Morgan fingerprint density at radius 1 is 1.18 bits per heavy atom. The number of carbonyl (C=O) groups excluding carboxylic acids is 1. The van der Waals surface area contributed by atoms with Crippen molar-refractivity contribution in [3.8, 4) is 11.4 Å². The standard InChI is InChI=1S/C23H27N3O2/c1-16(2)20-10-9-17(3)13-22(20)28-15-23(27)25-14-19-7-5-6-8-21(19)26-12-11-24-18(26)4/h5-13,16H,14-15H2,1-4H3,(H,25,27). The average Bonchev–Trinajstić information content (AvgIpc) is 3.10. The van der Waals surface area contributed by atoms with Crippen LogP contribution in [-0.4, -0.2) is 22.1 Å². The summed E-state index contributed by atoms with van der Waals surface area (Å²) in [6, 6.07) is 14.1. The number of benzene rings is 2. The van der Waals surface area contributed by atoms with Gasteiger partial charge in [-0.1, -0.05) is 44.2 Å². The zero-order valence-electron chi connectivity index (χ0n) is 16.9. The molecule has 0 atom stereocenters. The Morgan fingerprint density at radius 3 is 2.68 bits per heavy atom. The predicted octanol–water partition coefficient (Wildman–Crippen LogP) is 4.31. The Morgan fingerprint density at radius 2 is 1.96 bits per heavy atom. The van der Waals surface area contributed by atoms with Gasteiger partial charge in [0.05, 0.1) is 5.69 Å². The van der Waals surface area contributed by atoms with Crippen LogP contribution in [0.4, 0.5) is 0 Å². The molecule has 3 aromatic rings. The van der Waals surface area contributed by atoms with E-state index in [1.165, 1.54) is 0 Å². The summed E-state index contributed by atoms with van der Waals surface area (Å²) in [5.41, 5.74) is 4.26. The van der Waals surface area contributed by atoms with E-state index in [1.807, 2.05) is 54.9 Å². The average molecular weight is 377 g/mol. The molecule has 1 aromatic heterocycles. The van der Waals surface area contributed by atoms with E-state index in [0.717, 1.165) is 34.0 Å². The number of nitrogens with zero attached hydrogens (tertiary/aromatic N) is 2. The Kier molecular flexibility index (Phi) is 6.14. The van der Waals surface area contributed by atoms with Gasteiger partial charge in [-0.05, 0) is 48.6 Å². The monoisotopic (exact) mass is 377 g/mol. The normalized spacial score (nSPS) is 10.9. The summed E-state index contributed by atoms with van der Waals surface area (Å²) in [6.45, 7) is 8.64. The van der Waals surface area contributed by atoms with Crippen LogP contribution in [0.15, 0.2) is 54.9 Å². The van der Waals surface area contributed by atoms with Crippen LogP contribution in [-0.2, 0) is 11.3 Å². The molecule has 0 aliphatic carbocycles. The number of imidazole rings is 1. The van der Waals surface area contributed by atoms with Crippen molar-refractivity contribution in [3.63, 3.8) is 0 Å². The highest BCUT2D eigenvalue weighted by Gasteiger charge is 2.11. The van der Waals surface area contributed by atoms with Gasteiger partial charge in [0.2, 0.25) is 0 Å². The van der Waals surface area contributed by atoms with E-state index in [4.69, 9.17) is 4.74 Å². The maximum atomic E-state index is 12.4. The zero-order valence-corrected chi connectivity index (χ0v) is 16.9. The van der Waals surface area contributed by atoms with Crippen molar-refractivity contribution in [2.24, 2.45) is 0 Å². The van der Waals surface area contributed by atoms with Crippen molar-refractivity contribution in [3.05, 3.63) is 77.4 Å². The lowest BCUT2D eigenvalue weighted by atomic mass is 10.0. The minimum Gasteiger partial charge on any atom is -0.483 e. The lowest BCUT2D eigenvalue weighted by Crippen LogP contribution is -2.29. The lowest BCUT2D eigenvalue weighted by molar-refractivity contribution is -0.123. The Bertz CT molecular complexity index is 960. The van der Waals surface area contributed by atoms with Crippen molar-refractivity contribution in [2.75, 3.05) is 6.61 Å². The van der Waals surface area contributed by atoms with E-state index in [1.54, 1.807) is 6.20 Å². The SMILES string of the molecule is Cc1ccc(C(C)C)c(OCC(=O)NCc2ccccc2-n2ccnc2C)c1. The Labute approximate surface area is 166 Å². The first kappa shape index (κ1) is 19.7. The number of ether oxygens (including phenoxy) is 1. The van der Waals surface area contributed by atoms with Crippen molar-refractivity contribution in [1.82, 2.24) is 14.9 Å². The molecule has 5 nitrogen and oxygen atoms in total. The highest BCUT2D eigenvalue weighted by atomic mass is 16.5. The molecule has 28 heavy (non-hydrogen) atoms. The van der Waals surface area contributed by atoms with Gasteiger partial charge in [-0.3, -0.25) is 4.79 Å². The van der Waals surface area contributed by atoms with Crippen LogP contribution in [0.3, 0.4) is 0 Å². The molecule has 3 rings (SSSR count). The van der Waals surface area contributed by atoms with Crippen molar-refractivity contribution < 1.29 is 9.53 Å². The fourth-order valence-electron chi connectivity index (χ4n) is 3.16. The molecule has 0 spiro atoms. The predicted molar refractivity (Wildman–Crippen MR) is 111 cm³/mol. The fraction of sp³-hybridized carbons (Fsp3) is 0.304. The second kappa shape index (κ2) is 8.74. The van der Waals surface area contributed by atoms with Crippen LogP contribution in [0, 0.1) is 13.8 Å². The van der Waals surface area contributed by atoms with E-state index < -0.39 is 0 Å². The summed E-state index contributed by atoms with van der Waals surface area (Å²) >= 11 is 0. The van der Waals surface area contributed by atoms with E-state index in [0.29, 0.717) is 12.5 Å². The van der Waals surface area contributed by atoms with E-state index in [2.05, 4.69) is 36.3 Å². The van der Waals surface area contributed by atoms with Gasteiger partial charge in [0, 0.05) is 18.9 Å². The summed E-state index contributed by atoms with van der Waals surface area (Å²) in [7, 11) is 0. The van der Waals surface area contributed by atoms with Crippen LogP contribution in [0.25, 0.3) is 5.69 Å². The van der Waals surface area contributed by atoms with Gasteiger partial charge in [0.1, 0.15) is 11.6 Å². The van der Waals surface area contributed by atoms with E-state index in [9.17, 15) is 4.79 Å². The first-order chi connectivity index (χ1) is 13.5. The van der Waals surface area contributed by atoms with Gasteiger partial charge in [-0.25, -0.2) is 4.98 Å². The molecule has 146 valence electrons. The van der Waals surface area contributed by atoms with Crippen molar-refractivity contribution in [2.45, 2.75) is 40.2 Å². The first-order valence-corrected chi connectivity index (χ1v) is 9.54. The molecule has 0 bridgehead atoms. The number of rotatable bonds is 7. The molecular formula is C23H27N3O2. The van der Waals surface area contributed by atoms with Crippen LogP contribution >= 0.6 is 0 Å². The molecule has 1 N–H and O–H groups in total. The minimum absolute atomic E-state index is 0.00452. The largest absolute Gasteiger partial charge is 0.483 e. The molecule has 0 fully saturated rings. The van der Waals surface area contributed by atoms with E-state index in [-0.39, 0.29) is 12.5 Å². The molecule has 0 radical (unpaired) electrons. The topological polar surface area (TPSA) is 56.1 Å². The number of hydrogen-bond donors (Lipinski definition) is 1. The van der Waals surface area contributed by atoms with Crippen LogP contribution < -0.4 is 10.1 Å². The van der Waals surface area contributed by atoms with E-state index >= 15 is 0 Å². The third-order valence-corrected chi connectivity index (χ3v) is 4.70.